The molecule has 0 radical (unpaired) electrons. The Bertz CT molecular complexity index is 726. The second-order valence-electron chi connectivity index (χ2n) is 6.25. The van der Waals surface area contributed by atoms with E-state index in [2.05, 4.69) is 10.1 Å². The van der Waals surface area contributed by atoms with Gasteiger partial charge in [0.25, 0.3) is 5.92 Å². The minimum Gasteiger partial charge on any atom is -0.387 e. The van der Waals surface area contributed by atoms with Crippen LogP contribution in [0.3, 0.4) is 0 Å². The summed E-state index contributed by atoms with van der Waals surface area (Å²) in [6.07, 6.45) is 2.27. The van der Waals surface area contributed by atoms with Gasteiger partial charge in [0.2, 0.25) is 0 Å². The van der Waals surface area contributed by atoms with E-state index in [1.54, 1.807) is 12.1 Å². The van der Waals surface area contributed by atoms with Crippen molar-refractivity contribution in [3.8, 4) is 0 Å². The number of nitrogens with zero attached hydrogens (tertiary/aromatic N) is 3. The zero-order valence-electron chi connectivity index (χ0n) is 12.3. The molecule has 23 heavy (non-hydrogen) atoms. The van der Waals surface area contributed by atoms with Gasteiger partial charge < -0.3 is 5.11 Å². The third kappa shape index (κ3) is 2.84. The standard InChI is InChI=1S/C15H15Cl2F2N3O/c1-13(6-15(13,18)19)14(23,7-22-9-20-8-21-22)5-10-2-3-11(16)4-12(10)17/h2-4,8-9,23H,5-7H2,1H3. The highest BCUT2D eigenvalue weighted by Gasteiger charge is 2.76. The quantitative estimate of drug-likeness (QED) is 0.884. The van der Waals surface area contributed by atoms with Crippen LogP contribution >= 0.6 is 23.2 Å². The maximum absolute atomic E-state index is 13.9. The van der Waals surface area contributed by atoms with Gasteiger partial charge in [-0.2, -0.15) is 5.10 Å². The number of hydrogen-bond acceptors (Lipinski definition) is 3. The van der Waals surface area contributed by atoms with Crippen LogP contribution in [-0.2, 0) is 13.0 Å². The molecule has 1 aromatic carbocycles. The second kappa shape index (κ2) is 5.40. The van der Waals surface area contributed by atoms with Gasteiger partial charge in [0.05, 0.1) is 17.6 Å². The smallest absolute Gasteiger partial charge is 0.257 e. The zero-order valence-corrected chi connectivity index (χ0v) is 13.8. The molecule has 0 spiro atoms. The first kappa shape index (κ1) is 16.6. The Labute approximate surface area is 142 Å². The minimum absolute atomic E-state index is 0.0328. The number of halogens is 4. The van der Waals surface area contributed by atoms with Gasteiger partial charge in [-0.3, -0.25) is 4.68 Å². The molecule has 2 aromatic rings. The number of aromatic nitrogens is 3. The van der Waals surface area contributed by atoms with Gasteiger partial charge in [-0.25, -0.2) is 13.8 Å². The van der Waals surface area contributed by atoms with Crippen LogP contribution in [0.4, 0.5) is 8.78 Å². The predicted molar refractivity (Wildman–Crippen MR) is 82.8 cm³/mol. The summed E-state index contributed by atoms with van der Waals surface area (Å²) in [4.78, 5) is 3.79. The lowest BCUT2D eigenvalue weighted by Crippen LogP contribution is -2.47. The van der Waals surface area contributed by atoms with Crippen LogP contribution in [0.1, 0.15) is 18.9 Å². The largest absolute Gasteiger partial charge is 0.387 e. The number of alkyl halides is 2. The van der Waals surface area contributed by atoms with Crippen LogP contribution < -0.4 is 0 Å². The van der Waals surface area contributed by atoms with Crippen LogP contribution in [0.25, 0.3) is 0 Å². The second-order valence-corrected chi connectivity index (χ2v) is 7.09. The van der Waals surface area contributed by atoms with Crippen LogP contribution in [0.15, 0.2) is 30.9 Å². The monoisotopic (exact) mass is 361 g/mol. The highest BCUT2D eigenvalue weighted by atomic mass is 35.5. The fourth-order valence-electron chi connectivity index (χ4n) is 2.89. The summed E-state index contributed by atoms with van der Waals surface area (Å²) in [5.41, 5.74) is -2.71. The highest BCUT2D eigenvalue weighted by Crippen LogP contribution is 2.66. The molecule has 2 unspecified atom stereocenters. The van der Waals surface area contributed by atoms with Gasteiger partial charge in [-0.15, -0.1) is 0 Å². The van der Waals surface area contributed by atoms with E-state index in [1.807, 2.05) is 0 Å². The Morgan fingerprint density at radius 1 is 1.39 bits per heavy atom. The molecule has 1 aliphatic carbocycles. The molecule has 1 fully saturated rings. The Morgan fingerprint density at radius 2 is 2.09 bits per heavy atom. The van der Waals surface area contributed by atoms with Gasteiger partial charge in [-0.1, -0.05) is 36.2 Å². The minimum atomic E-state index is -2.93. The van der Waals surface area contributed by atoms with Crippen molar-refractivity contribution in [1.82, 2.24) is 14.8 Å². The van der Waals surface area contributed by atoms with Crippen molar-refractivity contribution in [3.63, 3.8) is 0 Å². The van der Waals surface area contributed by atoms with E-state index in [0.717, 1.165) is 0 Å². The molecule has 0 bridgehead atoms. The maximum atomic E-state index is 13.9. The number of rotatable bonds is 5. The van der Waals surface area contributed by atoms with Crippen molar-refractivity contribution in [2.45, 2.75) is 37.8 Å². The summed E-state index contributed by atoms with van der Waals surface area (Å²) in [5, 5.41) is 15.8. The number of benzene rings is 1. The average molecular weight is 362 g/mol. The molecule has 2 atom stereocenters. The van der Waals surface area contributed by atoms with Gasteiger partial charge in [0.15, 0.2) is 0 Å². The van der Waals surface area contributed by atoms with Crippen molar-refractivity contribution in [1.29, 1.82) is 0 Å². The first-order valence-electron chi connectivity index (χ1n) is 7.03. The fourth-order valence-corrected chi connectivity index (χ4v) is 3.37. The molecule has 1 saturated carbocycles. The van der Waals surface area contributed by atoms with E-state index in [1.165, 1.54) is 30.3 Å². The third-order valence-electron chi connectivity index (χ3n) is 4.67. The number of aliphatic hydroxyl groups is 1. The van der Waals surface area contributed by atoms with Crippen LogP contribution in [-0.4, -0.2) is 31.4 Å². The molecule has 0 aliphatic heterocycles. The zero-order chi connectivity index (χ0) is 16.9. The Balaban J connectivity index is 1.95. The van der Waals surface area contributed by atoms with Gasteiger partial charge in [0, 0.05) is 22.9 Å². The molecular weight excluding hydrogens is 347 g/mol. The summed E-state index contributed by atoms with van der Waals surface area (Å²) in [5.74, 6) is -2.93. The Morgan fingerprint density at radius 3 is 2.61 bits per heavy atom. The van der Waals surface area contributed by atoms with E-state index < -0.39 is 16.9 Å². The first-order chi connectivity index (χ1) is 10.7. The molecule has 1 N–H and O–H groups in total. The molecule has 8 heteroatoms. The molecule has 1 aliphatic rings. The normalized spacial score (nSPS) is 25.1. The molecule has 0 saturated heterocycles. The van der Waals surface area contributed by atoms with Crippen LogP contribution in [0.2, 0.25) is 10.0 Å². The van der Waals surface area contributed by atoms with Crippen molar-refractivity contribution in [2.24, 2.45) is 5.41 Å². The lowest BCUT2D eigenvalue weighted by molar-refractivity contribution is -0.0897. The van der Waals surface area contributed by atoms with Crippen LogP contribution in [0, 0.1) is 5.41 Å². The average Bonchev–Trinajstić information content (AvgIpc) is 2.81. The van der Waals surface area contributed by atoms with E-state index in [4.69, 9.17) is 23.2 Å². The number of hydrogen-bond donors (Lipinski definition) is 1. The first-order valence-corrected chi connectivity index (χ1v) is 7.79. The van der Waals surface area contributed by atoms with E-state index in [0.29, 0.717) is 15.6 Å². The highest BCUT2D eigenvalue weighted by molar-refractivity contribution is 6.35. The molecule has 1 heterocycles. The molecular formula is C15H15Cl2F2N3O. The molecule has 1 aromatic heterocycles. The Kier molecular flexibility index (Phi) is 3.90. The molecule has 4 nitrogen and oxygen atoms in total. The van der Waals surface area contributed by atoms with E-state index in [9.17, 15) is 13.9 Å². The maximum Gasteiger partial charge on any atom is 0.257 e. The summed E-state index contributed by atoms with van der Waals surface area (Å²) in [7, 11) is 0. The SMILES string of the molecule is CC1(C(O)(Cc2ccc(Cl)cc2Cl)Cn2cncn2)CC1(F)F. The topological polar surface area (TPSA) is 50.9 Å². The summed E-state index contributed by atoms with van der Waals surface area (Å²) >= 11 is 12.0. The third-order valence-corrected chi connectivity index (χ3v) is 5.26. The van der Waals surface area contributed by atoms with Crippen molar-refractivity contribution in [2.75, 3.05) is 0 Å². The van der Waals surface area contributed by atoms with E-state index in [-0.39, 0.29) is 19.4 Å². The molecule has 3 rings (SSSR count). The lowest BCUT2D eigenvalue weighted by atomic mass is 9.80. The fraction of sp³-hybridized carbons (Fsp3) is 0.467. The van der Waals surface area contributed by atoms with Gasteiger partial charge >= 0.3 is 0 Å². The van der Waals surface area contributed by atoms with E-state index >= 15 is 0 Å². The molecule has 0 amide bonds. The predicted octanol–water partition coefficient (Wildman–Crippen LogP) is 3.60. The Hall–Kier alpha value is -1.24. The van der Waals surface area contributed by atoms with Crippen molar-refractivity contribution in [3.05, 3.63) is 46.5 Å². The van der Waals surface area contributed by atoms with Crippen molar-refractivity contribution >= 4 is 23.2 Å². The summed E-state index contributed by atoms with van der Waals surface area (Å²) in [6, 6.07) is 4.79. The van der Waals surface area contributed by atoms with Crippen molar-refractivity contribution < 1.29 is 13.9 Å². The van der Waals surface area contributed by atoms with Gasteiger partial charge in [0.1, 0.15) is 12.7 Å². The van der Waals surface area contributed by atoms with Gasteiger partial charge in [-0.05, 0) is 17.7 Å². The van der Waals surface area contributed by atoms with Crippen LogP contribution in [0.5, 0.6) is 0 Å². The summed E-state index contributed by atoms with van der Waals surface area (Å²) < 4.78 is 29.2. The summed E-state index contributed by atoms with van der Waals surface area (Å²) in [6.45, 7) is 1.28. The molecule has 124 valence electrons. The lowest BCUT2D eigenvalue weighted by Gasteiger charge is -2.35.